The standard InChI is InChI=1S/C35H56N10O13/c1-6-16(4)27-34(57)41-20(13-25(49)50)31(54)42-21(14-46)35(58)45-11-7-8-22(45)32(55)40-19(12-24(37)48)30(53)38-17(5)28(51)43-26(15(2)3)33(56)39-18(29(52)44-27)9-10-23(36)47/h15-22,26-27,46H,6-14H2,1-5H3,(H2,36,47)(H2,37,48)(H,38,53)(H,39,56)(H,40,55)(H,41,57)(H,42,54)(H,43,51)(H,44,52)(H,49,50)/t16-,17-,18-,19-,20-,21-,22-,26-,27-/m0/s1. The average molecular weight is 825 g/mol. The maximum atomic E-state index is 13.7. The Bertz CT molecular complexity index is 1610. The topological polar surface area (TPSA) is 368 Å². The second-order valence-electron chi connectivity index (χ2n) is 14.7. The second kappa shape index (κ2) is 22.2. The van der Waals surface area contributed by atoms with Crippen LogP contribution in [0.2, 0.25) is 0 Å². The van der Waals surface area contributed by atoms with Crippen molar-refractivity contribution in [3.63, 3.8) is 0 Å². The van der Waals surface area contributed by atoms with E-state index in [4.69, 9.17) is 11.5 Å². The highest BCUT2D eigenvalue weighted by Crippen LogP contribution is 2.20. The van der Waals surface area contributed by atoms with E-state index >= 15 is 0 Å². The fourth-order valence-corrected chi connectivity index (χ4v) is 6.25. The Morgan fingerprint density at radius 1 is 0.690 bits per heavy atom. The molecule has 10 amide bonds. The minimum Gasteiger partial charge on any atom is -0.481 e. The smallest absolute Gasteiger partial charge is 0.305 e. The number of hydrogen-bond donors (Lipinski definition) is 11. The van der Waals surface area contributed by atoms with Gasteiger partial charge in [0, 0.05) is 13.0 Å². The lowest BCUT2D eigenvalue weighted by molar-refractivity contribution is -0.144. The number of nitrogens with one attached hydrogen (secondary N) is 7. The molecular formula is C35H56N10O13. The summed E-state index contributed by atoms with van der Waals surface area (Å²) in [6, 6.07) is -12.3. The number of carbonyl (C=O) groups excluding carboxylic acids is 10. The van der Waals surface area contributed by atoms with E-state index in [2.05, 4.69) is 37.2 Å². The van der Waals surface area contributed by atoms with Crippen LogP contribution in [0.15, 0.2) is 0 Å². The van der Waals surface area contributed by atoms with Crippen molar-refractivity contribution < 1.29 is 63.0 Å². The van der Waals surface area contributed by atoms with E-state index in [0.717, 1.165) is 4.90 Å². The van der Waals surface area contributed by atoms with Crippen LogP contribution in [0.1, 0.15) is 79.6 Å². The molecular weight excluding hydrogens is 768 g/mol. The normalized spacial score (nSPS) is 28.0. The summed E-state index contributed by atoms with van der Waals surface area (Å²) in [5.41, 5.74) is 10.7. The minimum atomic E-state index is -1.87. The molecule has 9 atom stereocenters. The molecule has 0 saturated carbocycles. The molecule has 2 heterocycles. The largest absolute Gasteiger partial charge is 0.481 e. The monoisotopic (exact) mass is 824 g/mol. The number of aliphatic hydroxyl groups excluding tert-OH is 1. The van der Waals surface area contributed by atoms with Crippen LogP contribution in [0.4, 0.5) is 0 Å². The molecule has 324 valence electrons. The van der Waals surface area contributed by atoms with E-state index in [9.17, 15) is 63.0 Å². The van der Waals surface area contributed by atoms with E-state index in [1.54, 1.807) is 27.7 Å². The van der Waals surface area contributed by atoms with Crippen molar-refractivity contribution in [3.05, 3.63) is 0 Å². The summed E-state index contributed by atoms with van der Waals surface area (Å²) in [5, 5.41) is 36.4. The fraction of sp³-hybridized carbons (Fsp3) is 0.686. The third kappa shape index (κ3) is 14.0. The van der Waals surface area contributed by atoms with Crippen LogP contribution in [-0.2, 0) is 52.7 Å². The molecule has 0 unspecified atom stereocenters. The highest BCUT2D eigenvalue weighted by Gasteiger charge is 2.41. The molecule has 58 heavy (non-hydrogen) atoms. The van der Waals surface area contributed by atoms with Gasteiger partial charge in [-0.05, 0) is 38.0 Å². The van der Waals surface area contributed by atoms with Crippen molar-refractivity contribution in [2.45, 2.75) is 128 Å². The number of hydrogen-bond acceptors (Lipinski definition) is 12. The second-order valence-corrected chi connectivity index (χ2v) is 14.7. The molecule has 2 saturated heterocycles. The number of carbonyl (C=O) groups is 11. The van der Waals surface area contributed by atoms with Crippen molar-refractivity contribution >= 4 is 65.0 Å². The number of nitrogens with zero attached hydrogens (tertiary/aromatic N) is 1. The molecule has 13 N–H and O–H groups in total. The Hall–Kier alpha value is -5.87. The molecule has 2 aliphatic rings. The first-order valence-corrected chi connectivity index (χ1v) is 18.9. The van der Waals surface area contributed by atoms with Gasteiger partial charge in [-0.1, -0.05) is 34.1 Å². The van der Waals surface area contributed by atoms with Gasteiger partial charge in [0.2, 0.25) is 59.1 Å². The zero-order chi connectivity index (χ0) is 44.0. The lowest BCUT2D eigenvalue weighted by Crippen LogP contribution is -2.62. The highest BCUT2D eigenvalue weighted by molar-refractivity contribution is 6.00. The summed E-state index contributed by atoms with van der Waals surface area (Å²) in [6.45, 7) is 6.52. The Morgan fingerprint density at radius 2 is 1.21 bits per heavy atom. The Kier molecular flexibility index (Phi) is 18.5. The number of nitrogens with two attached hydrogens (primary N) is 2. The van der Waals surface area contributed by atoms with Gasteiger partial charge in [0.25, 0.3) is 0 Å². The number of amides is 10. The summed E-state index contributed by atoms with van der Waals surface area (Å²) < 4.78 is 0. The number of aliphatic hydroxyl groups is 1. The van der Waals surface area contributed by atoms with Crippen LogP contribution in [0.3, 0.4) is 0 Å². The number of fused-ring (bicyclic) bond motifs is 1. The van der Waals surface area contributed by atoms with Crippen molar-refractivity contribution in [3.8, 4) is 0 Å². The molecule has 0 aromatic rings. The molecule has 0 aromatic heterocycles. The molecule has 0 bridgehead atoms. The van der Waals surface area contributed by atoms with E-state index in [1.807, 2.05) is 0 Å². The van der Waals surface area contributed by atoms with Crippen LogP contribution in [0, 0.1) is 11.8 Å². The first-order valence-electron chi connectivity index (χ1n) is 18.9. The number of aliphatic carboxylic acids is 1. The van der Waals surface area contributed by atoms with Gasteiger partial charge in [-0.3, -0.25) is 52.7 Å². The molecule has 2 rings (SSSR count). The summed E-state index contributed by atoms with van der Waals surface area (Å²) in [5.74, 6) is -12.7. The van der Waals surface area contributed by atoms with Crippen molar-refractivity contribution in [1.29, 1.82) is 0 Å². The van der Waals surface area contributed by atoms with Crippen molar-refractivity contribution in [2.24, 2.45) is 23.3 Å². The van der Waals surface area contributed by atoms with Gasteiger partial charge in [0.15, 0.2) is 0 Å². The average Bonchev–Trinajstić information content (AvgIpc) is 3.64. The summed E-state index contributed by atoms with van der Waals surface area (Å²) in [4.78, 5) is 145. The highest BCUT2D eigenvalue weighted by atomic mass is 16.4. The van der Waals surface area contributed by atoms with Crippen LogP contribution >= 0.6 is 0 Å². The molecule has 0 aliphatic carbocycles. The third-order valence-electron chi connectivity index (χ3n) is 9.79. The SMILES string of the molecule is CC[C@H](C)[C@@H]1NC(=O)[C@H](CCC(N)=O)NC(=O)[C@H](C(C)C)NC(=O)[C@H](C)NC(=O)[C@H](CC(N)=O)NC(=O)[C@@H]2CCCN2C(=O)[C@H](CO)NC(=O)[C@H](CC(=O)O)NC1=O. The Balaban J connectivity index is 2.67. The summed E-state index contributed by atoms with van der Waals surface area (Å²) in [7, 11) is 0. The lowest BCUT2D eigenvalue weighted by Gasteiger charge is -2.31. The third-order valence-corrected chi connectivity index (χ3v) is 9.79. The van der Waals surface area contributed by atoms with E-state index in [1.165, 1.54) is 6.92 Å². The van der Waals surface area contributed by atoms with Gasteiger partial charge in [-0.2, -0.15) is 0 Å². The van der Waals surface area contributed by atoms with Gasteiger partial charge in [0.05, 0.1) is 19.4 Å². The first kappa shape index (κ1) is 48.3. The molecule has 2 aliphatic heterocycles. The first-order chi connectivity index (χ1) is 27.1. The molecule has 2 fully saturated rings. The number of carboxylic acids is 1. The molecule has 0 aromatic carbocycles. The quantitative estimate of drug-likeness (QED) is 0.0929. The van der Waals surface area contributed by atoms with Gasteiger partial charge in [-0.15, -0.1) is 0 Å². The molecule has 0 spiro atoms. The number of carboxylic acid groups (broad SMARTS) is 1. The molecule has 0 radical (unpaired) electrons. The van der Waals surface area contributed by atoms with Crippen molar-refractivity contribution in [1.82, 2.24) is 42.1 Å². The zero-order valence-corrected chi connectivity index (χ0v) is 33.1. The minimum absolute atomic E-state index is 0.0514. The molecule has 23 nitrogen and oxygen atoms in total. The fourth-order valence-electron chi connectivity index (χ4n) is 6.25. The van der Waals surface area contributed by atoms with Crippen LogP contribution in [0.25, 0.3) is 0 Å². The zero-order valence-electron chi connectivity index (χ0n) is 33.1. The Morgan fingerprint density at radius 3 is 1.76 bits per heavy atom. The molecule has 23 heteroatoms. The van der Waals surface area contributed by atoms with Crippen LogP contribution in [-0.4, -0.2) is 142 Å². The van der Waals surface area contributed by atoms with E-state index < -0.39 is 151 Å². The maximum Gasteiger partial charge on any atom is 0.305 e. The van der Waals surface area contributed by atoms with Crippen LogP contribution < -0.4 is 48.7 Å². The predicted octanol–water partition coefficient (Wildman–Crippen LogP) is -5.29. The van der Waals surface area contributed by atoms with Gasteiger partial charge < -0.3 is 63.8 Å². The predicted molar refractivity (Wildman–Crippen MR) is 200 cm³/mol. The van der Waals surface area contributed by atoms with Gasteiger partial charge in [0.1, 0.15) is 48.3 Å². The summed E-state index contributed by atoms with van der Waals surface area (Å²) >= 11 is 0. The van der Waals surface area contributed by atoms with Crippen LogP contribution in [0.5, 0.6) is 0 Å². The maximum absolute atomic E-state index is 13.7. The number of primary amides is 2. The van der Waals surface area contributed by atoms with E-state index in [0.29, 0.717) is 0 Å². The summed E-state index contributed by atoms with van der Waals surface area (Å²) in [6.07, 6.45) is -1.95. The Labute approximate surface area is 334 Å². The van der Waals surface area contributed by atoms with Gasteiger partial charge in [-0.25, -0.2) is 0 Å². The van der Waals surface area contributed by atoms with Crippen molar-refractivity contribution in [2.75, 3.05) is 13.2 Å². The van der Waals surface area contributed by atoms with E-state index in [-0.39, 0.29) is 32.2 Å². The number of rotatable bonds is 11. The van der Waals surface area contributed by atoms with Gasteiger partial charge >= 0.3 is 5.97 Å². The lowest BCUT2D eigenvalue weighted by atomic mass is 9.96.